The Morgan fingerprint density at radius 2 is 1.96 bits per heavy atom. The molecule has 25 heavy (non-hydrogen) atoms. The first kappa shape index (κ1) is 17.2. The molecule has 2 aromatic rings. The molecule has 5 nitrogen and oxygen atoms in total. The minimum atomic E-state index is -0.754. The molecule has 0 fully saturated rings. The van der Waals surface area contributed by atoms with E-state index >= 15 is 0 Å². The van der Waals surface area contributed by atoms with Crippen LogP contribution >= 0.6 is 0 Å². The average Bonchev–Trinajstić information content (AvgIpc) is 2.62. The van der Waals surface area contributed by atoms with E-state index in [2.05, 4.69) is 0 Å². The summed E-state index contributed by atoms with van der Waals surface area (Å²) in [5.41, 5.74) is 2.33. The second-order valence-corrected chi connectivity index (χ2v) is 5.97. The number of β-amino-alcohol motifs (C(OH)–C–C–N with tert-alkyl or cyclic N) is 1. The van der Waals surface area contributed by atoms with Crippen LogP contribution < -0.4 is 9.47 Å². The molecule has 1 aliphatic heterocycles. The van der Waals surface area contributed by atoms with E-state index < -0.39 is 11.9 Å². The number of methoxy groups -OCH3 is 2. The first-order chi connectivity index (χ1) is 12.1. The number of hydrogen-bond acceptors (Lipinski definition) is 5. The van der Waals surface area contributed by atoms with Crippen molar-refractivity contribution in [2.24, 2.45) is 0 Å². The zero-order chi connectivity index (χ0) is 18.0. The minimum absolute atomic E-state index is 0.289. The number of rotatable bonds is 4. The van der Waals surface area contributed by atoms with Gasteiger partial charge >= 0.3 is 0 Å². The normalized spacial score (nSPS) is 16.8. The molecule has 6 heteroatoms. The van der Waals surface area contributed by atoms with Crippen LogP contribution in [0.4, 0.5) is 4.39 Å². The van der Waals surface area contributed by atoms with Crippen molar-refractivity contribution in [2.45, 2.75) is 19.2 Å². The number of aliphatic hydroxyl groups excluding tert-OH is 1. The predicted molar refractivity (Wildman–Crippen MR) is 89.7 cm³/mol. The Labute approximate surface area is 145 Å². The highest BCUT2D eigenvalue weighted by atomic mass is 19.1. The molecule has 0 aliphatic carbocycles. The molecule has 130 valence electrons. The molecule has 0 aromatic heterocycles. The van der Waals surface area contributed by atoms with Crippen molar-refractivity contribution in [2.75, 3.05) is 20.8 Å². The second kappa shape index (κ2) is 7.09. The van der Waals surface area contributed by atoms with Crippen LogP contribution in [-0.2, 0) is 13.1 Å². The maximum atomic E-state index is 14.2. The molecule has 1 unspecified atom stereocenters. The van der Waals surface area contributed by atoms with Crippen molar-refractivity contribution in [3.63, 3.8) is 0 Å². The van der Waals surface area contributed by atoms with E-state index in [9.17, 15) is 9.50 Å². The third kappa shape index (κ3) is 3.29. The van der Waals surface area contributed by atoms with Crippen LogP contribution in [0.5, 0.6) is 11.5 Å². The Kier molecular flexibility index (Phi) is 4.88. The Hall–Kier alpha value is -2.62. The Balaban J connectivity index is 1.90. The van der Waals surface area contributed by atoms with Crippen LogP contribution in [0, 0.1) is 17.1 Å². The van der Waals surface area contributed by atoms with Gasteiger partial charge < -0.3 is 14.6 Å². The molecule has 0 radical (unpaired) electrons. The zero-order valence-corrected chi connectivity index (χ0v) is 14.1. The molecule has 1 N–H and O–H groups in total. The molecule has 0 amide bonds. The predicted octanol–water partition coefficient (Wildman–Crippen LogP) is 2.76. The number of halogens is 1. The summed E-state index contributed by atoms with van der Waals surface area (Å²) in [4.78, 5) is 1.94. The maximum absolute atomic E-state index is 14.2. The molecule has 0 bridgehead atoms. The van der Waals surface area contributed by atoms with Crippen LogP contribution in [0.1, 0.15) is 28.4 Å². The van der Waals surface area contributed by atoms with E-state index in [-0.39, 0.29) is 5.56 Å². The summed E-state index contributed by atoms with van der Waals surface area (Å²) in [6.07, 6.45) is -0.754. The number of nitrogens with zero attached hydrogens (tertiary/aromatic N) is 2. The maximum Gasteiger partial charge on any atom is 0.129 e. The standard InChI is InChI=1S/C19H19FN2O3/c1-24-17-5-6-18(25-2)19-14(17)10-22(11-16(19)23)9-13-4-3-12(8-21)7-15(13)20/h3-7,16,23H,9-11H2,1-2H3. The van der Waals surface area contributed by atoms with Crippen molar-refractivity contribution >= 4 is 0 Å². The number of benzene rings is 2. The van der Waals surface area contributed by atoms with Crippen molar-refractivity contribution in [1.29, 1.82) is 5.26 Å². The third-order valence-corrected chi connectivity index (χ3v) is 4.44. The van der Waals surface area contributed by atoms with Gasteiger partial charge in [0.1, 0.15) is 17.3 Å². The van der Waals surface area contributed by atoms with Crippen LogP contribution in [-0.4, -0.2) is 30.8 Å². The first-order valence-electron chi connectivity index (χ1n) is 7.90. The third-order valence-electron chi connectivity index (χ3n) is 4.44. The number of ether oxygens (including phenoxy) is 2. The quantitative estimate of drug-likeness (QED) is 0.925. The molecular weight excluding hydrogens is 323 g/mol. The molecule has 0 saturated carbocycles. The van der Waals surface area contributed by atoms with E-state index in [1.165, 1.54) is 6.07 Å². The summed E-state index contributed by atoms with van der Waals surface area (Å²) in [5.74, 6) is 0.865. The first-order valence-corrected chi connectivity index (χ1v) is 7.90. The summed E-state index contributed by atoms with van der Waals surface area (Å²) < 4.78 is 24.9. The Morgan fingerprint density at radius 3 is 2.60 bits per heavy atom. The van der Waals surface area contributed by atoms with Gasteiger partial charge in [-0.25, -0.2) is 4.39 Å². The largest absolute Gasteiger partial charge is 0.496 e. The van der Waals surface area contributed by atoms with Crippen LogP contribution in [0.15, 0.2) is 30.3 Å². The van der Waals surface area contributed by atoms with Gasteiger partial charge in [-0.3, -0.25) is 4.90 Å². The van der Waals surface area contributed by atoms with Gasteiger partial charge in [0.15, 0.2) is 0 Å². The second-order valence-electron chi connectivity index (χ2n) is 5.97. The highest BCUT2D eigenvalue weighted by Crippen LogP contribution is 2.39. The molecule has 0 saturated heterocycles. The smallest absolute Gasteiger partial charge is 0.129 e. The van der Waals surface area contributed by atoms with Gasteiger partial charge in [0.05, 0.1) is 32.0 Å². The summed E-state index contributed by atoms with van der Waals surface area (Å²) in [6, 6.07) is 9.93. The van der Waals surface area contributed by atoms with Gasteiger partial charge in [-0.05, 0) is 24.3 Å². The SMILES string of the molecule is COc1ccc(OC)c2c1CN(Cc1ccc(C#N)cc1F)CC2O. The van der Waals surface area contributed by atoms with Crippen LogP contribution in [0.3, 0.4) is 0 Å². The molecule has 3 rings (SSSR count). The van der Waals surface area contributed by atoms with Crippen molar-refractivity contribution in [3.05, 3.63) is 58.4 Å². The van der Waals surface area contributed by atoms with Gasteiger partial charge in [0, 0.05) is 36.3 Å². The summed E-state index contributed by atoms with van der Waals surface area (Å²) in [5, 5.41) is 19.4. The average molecular weight is 342 g/mol. The van der Waals surface area contributed by atoms with Crippen molar-refractivity contribution in [3.8, 4) is 17.6 Å². The Morgan fingerprint density at radius 1 is 1.24 bits per heavy atom. The van der Waals surface area contributed by atoms with E-state index in [0.717, 1.165) is 11.1 Å². The fourth-order valence-corrected chi connectivity index (χ4v) is 3.25. The number of nitriles is 1. The fraction of sp³-hybridized carbons (Fsp3) is 0.316. The van der Waals surface area contributed by atoms with Gasteiger partial charge in [-0.1, -0.05) is 6.07 Å². The Bertz CT molecular complexity index is 832. The number of aliphatic hydroxyl groups is 1. The van der Waals surface area contributed by atoms with E-state index in [4.69, 9.17) is 14.7 Å². The van der Waals surface area contributed by atoms with Crippen LogP contribution in [0.25, 0.3) is 0 Å². The lowest BCUT2D eigenvalue weighted by molar-refractivity contribution is 0.0837. The van der Waals surface area contributed by atoms with Gasteiger partial charge in [0.2, 0.25) is 0 Å². The highest BCUT2D eigenvalue weighted by Gasteiger charge is 2.29. The lowest BCUT2D eigenvalue weighted by Gasteiger charge is -2.34. The molecule has 0 spiro atoms. The molecule has 1 atom stereocenters. The zero-order valence-electron chi connectivity index (χ0n) is 14.1. The summed E-state index contributed by atoms with van der Waals surface area (Å²) in [7, 11) is 3.14. The van der Waals surface area contributed by atoms with Crippen LogP contribution in [0.2, 0.25) is 0 Å². The van der Waals surface area contributed by atoms with E-state index in [1.807, 2.05) is 11.0 Å². The van der Waals surface area contributed by atoms with Gasteiger partial charge in [-0.2, -0.15) is 5.26 Å². The summed E-state index contributed by atoms with van der Waals surface area (Å²) in [6.45, 7) is 1.19. The molecular formula is C19H19FN2O3. The van der Waals surface area contributed by atoms with Crippen molar-refractivity contribution < 1.29 is 19.0 Å². The monoisotopic (exact) mass is 342 g/mol. The topological polar surface area (TPSA) is 65.7 Å². The molecule has 1 aliphatic rings. The lowest BCUT2D eigenvalue weighted by Crippen LogP contribution is -2.34. The van der Waals surface area contributed by atoms with Crippen molar-refractivity contribution in [1.82, 2.24) is 4.90 Å². The summed E-state index contributed by atoms with van der Waals surface area (Å²) >= 11 is 0. The molecule has 1 heterocycles. The lowest BCUT2D eigenvalue weighted by atomic mass is 9.94. The molecule has 2 aromatic carbocycles. The van der Waals surface area contributed by atoms with Gasteiger partial charge in [0.25, 0.3) is 0 Å². The van der Waals surface area contributed by atoms with E-state index in [0.29, 0.717) is 36.7 Å². The number of fused-ring (bicyclic) bond motifs is 1. The minimum Gasteiger partial charge on any atom is -0.496 e. The number of hydrogen-bond donors (Lipinski definition) is 1. The van der Waals surface area contributed by atoms with Gasteiger partial charge in [-0.15, -0.1) is 0 Å². The highest BCUT2D eigenvalue weighted by molar-refractivity contribution is 5.51. The fourth-order valence-electron chi connectivity index (χ4n) is 3.25. The van der Waals surface area contributed by atoms with E-state index in [1.54, 1.807) is 38.5 Å².